The molecule has 4 heteroatoms. The number of imidazole rings is 1. The van der Waals surface area contributed by atoms with E-state index in [1.807, 2.05) is 12.5 Å². The van der Waals surface area contributed by atoms with Crippen LogP contribution in [0, 0.1) is 5.92 Å². The zero-order valence-corrected chi connectivity index (χ0v) is 10.2. The molecule has 0 bridgehead atoms. The molecule has 1 saturated carbocycles. The van der Waals surface area contributed by atoms with E-state index in [0.717, 1.165) is 25.7 Å². The van der Waals surface area contributed by atoms with Gasteiger partial charge in [-0.25, -0.2) is 4.98 Å². The summed E-state index contributed by atoms with van der Waals surface area (Å²) in [6.45, 7) is 2.99. The molecule has 3 unspecified atom stereocenters. The minimum Gasteiger partial charge on any atom is -0.381 e. The lowest BCUT2D eigenvalue weighted by molar-refractivity contribution is 0.184. The second-order valence-corrected chi connectivity index (χ2v) is 5.25. The minimum absolute atomic E-state index is 0.597. The van der Waals surface area contributed by atoms with Crippen LogP contribution in [0.4, 0.5) is 0 Å². The first-order valence-corrected chi connectivity index (χ1v) is 6.72. The van der Waals surface area contributed by atoms with E-state index in [4.69, 9.17) is 4.74 Å². The number of ether oxygens (including phenoxy) is 1. The molecule has 94 valence electrons. The van der Waals surface area contributed by atoms with Gasteiger partial charge in [-0.05, 0) is 31.6 Å². The molecule has 0 radical (unpaired) electrons. The molecule has 3 atom stereocenters. The molecular weight excluding hydrogens is 214 g/mol. The quantitative estimate of drug-likeness (QED) is 0.861. The number of nitrogens with one attached hydrogen (secondary N) is 1. The lowest BCUT2D eigenvalue weighted by Gasteiger charge is -2.23. The molecule has 1 aliphatic heterocycles. The van der Waals surface area contributed by atoms with Crippen molar-refractivity contribution in [2.24, 2.45) is 5.92 Å². The van der Waals surface area contributed by atoms with Gasteiger partial charge in [0.15, 0.2) is 0 Å². The number of aromatic nitrogens is 2. The Kier molecular flexibility index (Phi) is 3.43. The van der Waals surface area contributed by atoms with Crippen molar-refractivity contribution in [1.82, 2.24) is 14.9 Å². The average Bonchev–Trinajstić information content (AvgIpc) is 3.09. The highest BCUT2D eigenvalue weighted by molar-refractivity contribution is 4.92. The second kappa shape index (κ2) is 5.19. The Hall–Kier alpha value is -0.870. The maximum atomic E-state index is 5.42. The molecule has 0 spiro atoms. The summed E-state index contributed by atoms with van der Waals surface area (Å²) >= 11 is 0. The maximum Gasteiger partial charge on any atom is 0.0949 e. The molecule has 4 nitrogen and oxygen atoms in total. The van der Waals surface area contributed by atoms with E-state index in [1.165, 1.54) is 25.7 Å². The van der Waals surface area contributed by atoms with E-state index in [2.05, 4.69) is 21.1 Å². The van der Waals surface area contributed by atoms with Crippen LogP contribution in [0.25, 0.3) is 0 Å². The number of hydrogen-bond acceptors (Lipinski definition) is 3. The summed E-state index contributed by atoms with van der Waals surface area (Å²) in [5, 5.41) is 3.73. The van der Waals surface area contributed by atoms with Crippen LogP contribution in [0.3, 0.4) is 0 Å². The third-order valence-corrected chi connectivity index (χ3v) is 4.08. The van der Waals surface area contributed by atoms with Gasteiger partial charge in [0.1, 0.15) is 0 Å². The summed E-state index contributed by atoms with van der Waals surface area (Å²) < 4.78 is 7.68. The number of hydrogen-bond donors (Lipinski definition) is 1. The molecular formula is C13H21N3O. The van der Waals surface area contributed by atoms with Crippen LogP contribution in [-0.2, 0) is 4.74 Å². The van der Waals surface area contributed by atoms with Crippen molar-refractivity contribution in [2.75, 3.05) is 19.8 Å². The summed E-state index contributed by atoms with van der Waals surface area (Å²) in [5.74, 6) is 0.721. The highest BCUT2D eigenvalue weighted by Gasteiger charge is 2.28. The van der Waals surface area contributed by atoms with Gasteiger partial charge >= 0.3 is 0 Å². The lowest BCUT2D eigenvalue weighted by Crippen LogP contribution is -2.37. The van der Waals surface area contributed by atoms with Gasteiger partial charge in [-0.15, -0.1) is 0 Å². The fourth-order valence-corrected chi connectivity index (χ4v) is 3.06. The van der Waals surface area contributed by atoms with Gasteiger partial charge in [0, 0.05) is 37.6 Å². The van der Waals surface area contributed by atoms with Crippen LogP contribution >= 0.6 is 0 Å². The molecule has 1 aliphatic carbocycles. The minimum atomic E-state index is 0.597. The summed E-state index contributed by atoms with van der Waals surface area (Å²) in [6.07, 6.45) is 11.0. The molecule has 17 heavy (non-hydrogen) atoms. The first kappa shape index (κ1) is 11.2. The Bertz CT molecular complexity index is 332. The summed E-state index contributed by atoms with van der Waals surface area (Å²) in [4.78, 5) is 4.15. The van der Waals surface area contributed by atoms with Crippen LogP contribution in [0.5, 0.6) is 0 Å². The summed E-state index contributed by atoms with van der Waals surface area (Å²) in [7, 11) is 0. The van der Waals surface area contributed by atoms with Crippen LogP contribution in [0.2, 0.25) is 0 Å². The van der Waals surface area contributed by atoms with Gasteiger partial charge in [0.25, 0.3) is 0 Å². The van der Waals surface area contributed by atoms with Crippen LogP contribution in [-0.4, -0.2) is 35.4 Å². The standard InChI is InChI=1S/C13H21N3O/c1-2-12(15-8-11-4-7-17-9-11)13(3-1)16-6-5-14-10-16/h5-6,10-13,15H,1-4,7-9H2. The number of rotatable bonds is 4. The zero-order chi connectivity index (χ0) is 11.5. The Labute approximate surface area is 102 Å². The van der Waals surface area contributed by atoms with Gasteiger partial charge in [-0.3, -0.25) is 0 Å². The molecule has 1 saturated heterocycles. The molecule has 2 fully saturated rings. The molecule has 3 rings (SSSR count). The first-order chi connectivity index (χ1) is 8.43. The van der Waals surface area contributed by atoms with Crippen molar-refractivity contribution in [3.8, 4) is 0 Å². The van der Waals surface area contributed by atoms with Gasteiger partial charge < -0.3 is 14.6 Å². The zero-order valence-electron chi connectivity index (χ0n) is 10.2. The van der Waals surface area contributed by atoms with E-state index >= 15 is 0 Å². The second-order valence-electron chi connectivity index (χ2n) is 5.25. The largest absolute Gasteiger partial charge is 0.381 e. The molecule has 2 heterocycles. The average molecular weight is 235 g/mol. The predicted octanol–water partition coefficient (Wildman–Crippen LogP) is 1.60. The number of nitrogens with zero attached hydrogens (tertiary/aromatic N) is 2. The Balaban J connectivity index is 1.54. The maximum absolute atomic E-state index is 5.42. The SMILES string of the molecule is c1cn(C2CCCC2NCC2CCOC2)cn1. The Morgan fingerprint density at radius 3 is 3.12 bits per heavy atom. The molecule has 1 N–H and O–H groups in total. The van der Waals surface area contributed by atoms with Crippen LogP contribution < -0.4 is 5.32 Å². The highest BCUT2D eigenvalue weighted by atomic mass is 16.5. The van der Waals surface area contributed by atoms with Crippen molar-refractivity contribution in [3.63, 3.8) is 0 Å². The van der Waals surface area contributed by atoms with Crippen molar-refractivity contribution >= 4 is 0 Å². The fourth-order valence-electron chi connectivity index (χ4n) is 3.06. The lowest BCUT2D eigenvalue weighted by atomic mass is 10.1. The third-order valence-electron chi connectivity index (χ3n) is 4.08. The molecule has 2 aliphatic rings. The molecule has 1 aromatic rings. The first-order valence-electron chi connectivity index (χ1n) is 6.72. The van der Waals surface area contributed by atoms with Crippen molar-refractivity contribution in [1.29, 1.82) is 0 Å². The van der Waals surface area contributed by atoms with Crippen molar-refractivity contribution in [3.05, 3.63) is 18.7 Å². The van der Waals surface area contributed by atoms with Gasteiger partial charge in [0.05, 0.1) is 12.9 Å². The fraction of sp³-hybridized carbons (Fsp3) is 0.769. The monoisotopic (exact) mass is 235 g/mol. The topological polar surface area (TPSA) is 39.1 Å². The van der Waals surface area contributed by atoms with E-state index in [0.29, 0.717) is 12.1 Å². The third kappa shape index (κ3) is 2.53. The predicted molar refractivity (Wildman–Crippen MR) is 65.8 cm³/mol. The normalized spacial score (nSPS) is 33.3. The molecule has 0 amide bonds. The van der Waals surface area contributed by atoms with E-state index in [1.54, 1.807) is 0 Å². The van der Waals surface area contributed by atoms with Crippen molar-refractivity contribution < 1.29 is 4.74 Å². The Morgan fingerprint density at radius 2 is 2.35 bits per heavy atom. The Morgan fingerprint density at radius 1 is 1.35 bits per heavy atom. The van der Waals surface area contributed by atoms with Gasteiger partial charge in [-0.2, -0.15) is 0 Å². The smallest absolute Gasteiger partial charge is 0.0949 e. The van der Waals surface area contributed by atoms with E-state index < -0.39 is 0 Å². The van der Waals surface area contributed by atoms with Gasteiger partial charge in [0.2, 0.25) is 0 Å². The van der Waals surface area contributed by atoms with Crippen LogP contribution in [0.1, 0.15) is 31.7 Å². The van der Waals surface area contributed by atoms with Crippen molar-refractivity contribution in [2.45, 2.75) is 37.8 Å². The summed E-state index contributed by atoms with van der Waals surface area (Å²) in [5.41, 5.74) is 0. The van der Waals surface area contributed by atoms with Crippen LogP contribution in [0.15, 0.2) is 18.7 Å². The summed E-state index contributed by atoms with van der Waals surface area (Å²) in [6, 6.07) is 1.21. The molecule has 0 aromatic carbocycles. The molecule has 1 aromatic heterocycles. The highest BCUT2D eigenvalue weighted by Crippen LogP contribution is 2.30. The van der Waals surface area contributed by atoms with E-state index in [9.17, 15) is 0 Å². The van der Waals surface area contributed by atoms with Gasteiger partial charge in [-0.1, -0.05) is 0 Å². The van der Waals surface area contributed by atoms with E-state index in [-0.39, 0.29) is 0 Å².